The Morgan fingerprint density at radius 2 is 1.87 bits per heavy atom. The molecule has 0 aliphatic carbocycles. The third kappa shape index (κ3) is 4.09. The highest BCUT2D eigenvalue weighted by Gasteiger charge is 2.14. The van der Waals surface area contributed by atoms with Gasteiger partial charge in [-0.25, -0.2) is 0 Å². The Bertz CT molecular complexity index is 163. The normalized spacial score (nSPS) is 24.8. The lowest BCUT2D eigenvalue weighted by molar-refractivity contribution is 0.0286. The quantitative estimate of drug-likeness (QED) is 0.694. The summed E-state index contributed by atoms with van der Waals surface area (Å²) in [4.78, 5) is 2.56. The van der Waals surface area contributed by atoms with Crippen molar-refractivity contribution in [2.24, 2.45) is 0 Å². The molecule has 0 saturated carbocycles. The van der Waals surface area contributed by atoms with E-state index in [9.17, 15) is 0 Å². The predicted molar refractivity (Wildman–Crippen MR) is 62.1 cm³/mol. The van der Waals surface area contributed by atoms with E-state index in [0.717, 1.165) is 19.7 Å². The summed E-state index contributed by atoms with van der Waals surface area (Å²) >= 11 is 0. The van der Waals surface area contributed by atoms with Crippen LogP contribution in [0.3, 0.4) is 0 Å². The fourth-order valence-electron chi connectivity index (χ4n) is 2.51. The first-order valence-electron chi connectivity index (χ1n) is 6.50. The number of rotatable bonds is 5. The van der Waals surface area contributed by atoms with E-state index in [0.29, 0.717) is 6.10 Å². The topological polar surface area (TPSA) is 24.5 Å². The molecule has 2 rings (SSSR count). The number of hydrogen-bond donors (Lipinski definition) is 1. The first-order valence-corrected chi connectivity index (χ1v) is 6.50. The van der Waals surface area contributed by atoms with E-state index in [2.05, 4.69) is 10.2 Å². The first kappa shape index (κ1) is 11.4. The fourth-order valence-corrected chi connectivity index (χ4v) is 2.51. The van der Waals surface area contributed by atoms with Gasteiger partial charge < -0.3 is 15.0 Å². The van der Waals surface area contributed by atoms with Gasteiger partial charge in [0.05, 0.1) is 6.10 Å². The summed E-state index contributed by atoms with van der Waals surface area (Å²) in [7, 11) is 0. The Morgan fingerprint density at radius 3 is 2.60 bits per heavy atom. The number of piperidine rings is 1. The summed E-state index contributed by atoms with van der Waals surface area (Å²) in [6.45, 7) is 7.10. The summed E-state index contributed by atoms with van der Waals surface area (Å²) in [5.41, 5.74) is 0. The molecule has 2 aliphatic rings. The molecule has 2 fully saturated rings. The summed E-state index contributed by atoms with van der Waals surface area (Å²) in [6.07, 6.45) is 6.94. The highest BCUT2D eigenvalue weighted by Crippen LogP contribution is 2.10. The standard InChI is InChI=1S/C12H24N2O/c1-2-9-14(8-1)10-3-11-15-12-4-6-13-7-5-12/h12-13H,1-11H2. The second-order valence-electron chi connectivity index (χ2n) is 4.72. The molecule has 2 aliphatic heterocycles. The van der Waals surface area contributed by atoms with Crippen LogP contribution >= 0.6 is 0 Å². The first-order chi connectivity index (χ1) is 7.45. The summed E-state index contributed by atoms with van der Waals surface area (Å²) in [6, 6.07) is 0. The molecule has 0 radical (unpaired) electrons. The van der Waals surface area contributed by atoms with Crippen LogP contribution in [-0.2, 0) is 4.74 Å². The molecule has 0 amide bonds. The van der Waals surface area contributed by atoms with Gasteiger partial charge in [-0.2, -0.15) is 0 Å². The lowest BCUT2D eigenvalue weighted by atomic mass is 10.1. The Labute approximate surface area is 93.2 Å². The SMILES string of the molecule is C1CCN(CCCOC2CCNCC2)C1. The van der Waals surface area contributed by atoms with Crippen molar-refractivity contribution in [2.45, 2.75) is 38.2 Å². The largest absolute Gasteiger partial charge is 0.378 e. The highest BCUT2D eigenvalue weighted by molar-refractivity contribution is 4.69. The molecule has 3 heteroatoms. The van der Waals surface area contributed by atoms with Gasteiger partial charge in [-0.3, -0.25) is 0 Å². The molecule has 0 spiro atoms. The van der Waals surface area contributed by atoms with Crippen molar-refractivity contribution < 1.29 is 4.74 Å². The summed E-state index contributed by atoms with van der Waals surface area (Å²) in [5, 5.41) is 3.36. The zero-order valence-electron chi connectivity index (χ0n) is 9.71. The molecular weight excluding hydrogens is 188 g/mol. The van der Waals surface area contributed by atoms with Crippen LogP contribution in [0.2, 0.25) is 0 Å². The Kier molecular flexibility index (Phi) is 4.90. The van der Waals surface area contributed by atoms with E-state index < -0.39 is 0 Å². The van der Waals surface area contributed by atoms with Crippen LogP contribution in [0.25, 0.3) is 0 Å². The van der Waals surface area contributed by atoms with Gasteiger partial charge in [-0.15, -0.1) is 0 Å². The van der Waals surface area contributed by atoms with Crippen LogP contribution in [0.5, 0.6) is 0 Å². The summed E-state index contributed by atoms with van der Waals surface area (Å²) in [5.74, 6) is 0. The van der Waals surface area contributed by atoms with Gasteiger partial charge in [0.25, 0.3) is 0 Å². The molecule has 0 unspecified atom stereocenters. The number of nitrogens with one attached hydrogen (secondary N) is 1. The van der Waals surface area contributed by atoms with E-state index in [1.54, 1.807) is 0 Å². The molecule has 0 aromatic rings. The van der Waals surface area contributed by atoms with E-state index >= 15 is 0 Å². The molecule has 15 heavy (non-hydrogen) atoms. The van der Waals surface area contributed by atoms with E-state index in [1.165, 1.54) is 51.7 Å². The predicted octanol–water partition coefficient (Wildman–Crippen LogP) is 1.24. The zero-order valence-corrected chi connectivity index (χ0v) is 9.71. The van der Waals surface area contributed by atoms with Crippen molar-refractivity contribution in [3.8, 4) is 0 Å². The molecule has 1 N–H and O–H groups in total. The number of ether oxygens (including phenoxy) is 1. The zero-order chi connectivity index (χ0) is 10.3. The molecule has 0 aromatic heterocycles. The Morgan fingerprint density at radius 1 is 1.13 bits per heavy atom. The molecule has 2 saturated heterocycles. The molecule has 88 valence electrons. The van der Waals surface area contributed by atoms with E-state index in [-0.39, 0.29) is 0 Å². The average molecular weight is 212 g/mol. The number of likely N-dealkylation sites (tertiary alicyclic amines) is 1. The molecule has 0 bridgehead atoms. The minimum atomic E-state index is 0.532. The monoisotopic (exact) mass is 212 g/mol. The summed E-state index contributed by atoms with van der Waals surface area (Å²) < 4.78 is 5.88. The maximum atomic E-state index is 5.88. The second kappa shape index (κ2) is 6.46. The van der Waals surface area contributed by atoms with E-state index in [1.807, 2.05) is 0 Å². The number of nitrogens with zero attached hydrogens (tertiary/aromatic N) is 1. The molecule has 3 nitrogen and oxygen atoms in total. The molecule has 0 atom stereocenters. The van der Waals surface area contributed by atoms with Gasteiger partial charge in [0.2, 0.25) is 0 Å². The fraction of sp³-hybridized carbons (Fsp3) is 1.00. The van der Waals surface area contributed by atoms with Crippen LogP contribution in [0.4, 0.5) is 0 Å². The van der Waals surface area contributed by atoms with Crippen LogP contribution in [-0.4, -0.2) is 50.3 Å². The molecular formula is C12H24N2O. The van der Waals surface area contributed by atoms with E-state index in [4.69, 9.17) is 4.74 Å². The van der Waals surface area contributed by atoms with Crippen LogP contribution < -0.4 is 5.32 Å². The van der Waals surface area contributed by atoms with Crippen LogP contribution in [0.15, 0.2) is 0 Å². The van der Waals surface area contributed by atoms with Crippen LogP contribution in [0, 0.1) is 0 Å². The maximum absolute atomic E-state index is 5.88. The highest BCUT2D eigenvalue weighted by atomic mass is 16.5. The van der Waals surface area contributed by atoms with Gasteiger partial charge in [0, 0.05) is 13.2 Å². The lowest BCUT2D eigenvalue weighted by Crippen LogP contribution is -2.33. The third-order valence-electron chi connectivity index (χ3n) is 3.46. The van der Waals surface area contributed by atoms with Crippen molar-refractivity contribution >= 4 is 0 Å². The average Bonchev–Trinajstić information content (AvgIpc) is 2.79. The molecule has 2 heterocycles. The molecule has 0 aromatic carbocycles. The van der Waals surface area contributed by atoms with Gasteiger partial charge in [-0.05, 0) is 58.3 Å². The lowest BCUT2D eigenvalue weighted by Gasteiger charge is -2.23. The Hall–Kier alpha value is -0.120. The Balaban J connectivity index is 1.47. The van der Waals surface area contributed by atoms with Crippen molar-refractivity contribution in [1.29, 1.82) is 0 Å². The minimum absolute atomic E-state index is 0.532. The maximum Gasteiger partial charge on any atom is 0.0599 e. The van der Waals surface area contributed by atoms with Crippen molar-refractivity contribution in [3.05, 3.63) is 0 Å². The smallest absolute Gasteiger partial charge is 0.0599 e. The van der Waals surface area contributed by atoms with Gasteiger partial charge in [0.1, 0.15) is 0 Å². The van der Waals surface area contributed by atoms with Crippen LogP contribution in [0.1, 0.15) is 32.1 Å². The van der Waals surface area contributed by atoms with Gasteiger partial charge >= 0.3 is 0 Å². The second-order valence-corrected chi connectivity index (χ2v) is 4.72. The van der Waals surface area contributed by atoms with Crippen molar-refractivity contribution in [3.63, 3.8) is 0 Å². The third-order valence-corrected chi connectivity index (χ3v) is 3.46. The number of hydrogen-bond acceptors (Lipinski definition) is 3. The van der Waals surface area contributed by atoms with Crippen molar-refractivity contribution in [1.82, 2.24) is 10.2 Å². The van der Waals surface area contributed by atoms with Crippen molar-refractivity contribution in [2.75, 3.05) is 39.3 Å². The van der Waals surface area contributed by atoms with Gasteiger partial charge in [-0.1, -0.05) is 0 Å². The van der Waals surface area contributed by atoms with Gasteiger partial charge in [0.15, 0.2) is 0 Å². The minimum Gasteiger partial charge on any atom is -0.378 e.